The highest BCUT2D eigenvalue weighted by Crippen LogP contribution is 2.53. The molecule has 180 valence electrons. The fourth-order valence-corrected chi connectivity index (χ4v) is 7.08. The first kappa shape index (κ1) is 23.7. The van der Waals surface area contributed by atoms with E-state index in [0.29, 0.717) is 24.4 Å². The number of hydrazone groups is 1. The summed E-state index contributed by atoms with van der Waals surface area (Å²) in [5.41, 5.74) is 10.9. The lowest BCUT2D eigenvalue weighted by atomic mass is 10.0. The summed E-state index contributed by atoms with van der Waals surface area (Å²) >= 11 is 2.97. The molecular weight excluding hydrogens is 488 g/mol. The van der Waals surface area contributed by atoms with Crippen LogP contribution in [-0.4, -0.2) is 35.1 Å². The molecule has 0 bridgehead atoms. The van der Waals surface area contributed by atoms with Crippen LogP contribution in [0, 0.1) is 11.6 Å². The summed E-state index contributed by atoms with van der Waals surface area (Å²) in [5.74, 6) is -1.83. The lowest BCUT2D eigenvalue weighted by Crippen LogP contribution is -2.37. The van der Waals surface area contributed by atoms with Gasteiger partial charge in [-0.15, -0.1) is 0 Å². The Morgan fingerprint density at radius 3 is 2.80 bits per heavy atom. The molecule has 35 heavy (non-hydrogen) atoms. The molecule has 0 spiro atoms. The molecule has 3 heterocycles. The third-order valence-corrected chi connectivity index (χ3v) is 8.64. The third kappa shape index (κ3) is 4.52. The summed E-state index contributed by atoms with van der Waals surface area (Å²) in [4.78, 5) is 10.5. The Kier molecular flexibility index (Phi) is 6.75. The predicted molar refractivity (Wildman–Crippen MR) is 136 cm³/mol. The summed E-state index contributed by atoms with van der Waals surface area (Å²) in [5, 5.41) is 11.5. The monoisotopic (exact) mass is 511 g/mol. The number of nitrogens with zero attached hydrogens (tertiary/aromatic N) is 7. The van der Waals surface area contributed by atoms with Gasteiger partial charge in [-0.25, -0.2) is 18.8 Å². The van der Waals surface area contributed by atoms with Crippen LogP contribution < -0.4 is 5.01 Å². The van der Waals surface area contributed by atoms with Gasteiger partial charge in [0, 0.05) is 41.4 Å². The number of likely N-dealkylation sites (N-methyl/N-ethyl adjacent to an activating group) is 1. The van der Waals surface area contributed by atoms with E-state index in [1.54, 1.807) is 17.4 Å². The van der Waals surface area contributed by atoms with Crippen molar-refractivity contribution in [1.82, 2.24) is 9.88 Å². The van der Waals surface area contributed by atoms with Gasteiger partial charge in [-0.1, -0.05) is 64.6 Å². The van der Waals surface area contributed by atoms with E-state index in [2.05, 4.69) is 22.0 Å². The van der Waals surface area contributed by atoms with Crippen LogP contribution in [0.4, 0.5) is 13.9 Å². The maximum atomic E-state index is 14.9. The van der Waals surface area contributed by atoms with Gasteiger partial charge in [0.25, 0.3) is 0 Å². The fraction of sp³-hybridized carbons (Fsp3) is 0.333. The Bertz CT molecular complexity index is 1310. The van der Waals surface area contributed by atoms with Gasteiger partial charge in [0.2, 0.25) is 5.13 Å². The van der Waals surface area contributed by atoms with Gasteiger partial charge in [0.05, 0.1) is 5.69 Å². The third-order valence-electron chi connectivity index (χ3n) is 6.13. The smallest absolute Gasteiger partial charge is 0.208 e. The lowest BCUT2D eigenvalue weighted by molar-refractivity contribution is 0.314. The van der Waals surface area contributed by atoms with Crippen molar-refractivity contribution in [3.63, 3.8) is 0 Å². The molecule has 2 aromatic carbocycles. The number of hydrogen-bond acceptors (Lipinski definition) is 7. The van der Waals surface area contributed by atoms with Gasteiger partial charge < -0.3 is 4.90 Å². The summed E-state index contributed by atoms with van der Waals surface area (Å²) < 4.78 is 29.0. The highest BCUT2D eigenvalue weighted by Gasteiger charge is 2.48. The van der Waals surface area contributed by atoms with Crippen LogP contribution in [0.15, 0.2) is 58.7 Å². The van der Waals surface area contributed by atoms with Gasteiger partial charge in [-0.05, 0) is 43.1 Å². The standard InChI is InChI=1S/C24H23F2N7S2/c1-32-14-11-19-20(15-32)34-23(29-19)33-24(12-6-13-28-31-27,16-7-3-2-4-8-16)35-22(30-33)17-9-5-10-18(25)21(17)26/h2-5,7-10H,6,11-15H2,1H3. The van der Waals surface area contributed by atoms with Crippen molar-refractivity contribution in [2.24, 2.45) is 10.2 Å². The molecule has 0 saturated heterocycles. The SMILES string of the molecule is CN1CCc2nc(N3N=C(c4cccc(F)c4F)SC3(CCCN=[N+]=[N-])c3ccccc3)sc2C1. The zero-order valence-corrected chi connectivity index (χ0v) is 20.7. The number of azide groups is 1. The molecule has 0 radical (unpaired) electrons. The second-order valence-electron chi connectivity index (χ2n) is 8.48. The number of aromatic nitrogens is 1. The first-order chi connectivity index (χ1) is 17.0. The minimum atomic E-state index is -0.920. The van der Waals surface area contributed by atoms with Crippen molar-refractivity contribution in [2.75, 3.05) is 25.1 Å². The molecule has 7 nitrogen and oxygen atoms in total. The van der Waals surface area contributed by atoms with E-state index < -0.39 is 16.5 Å². The average Bonchev–Trinajstić information content (AvgIpc) is 3.46. The molecule has 0 N–H and O–H groups in total. The van der Waals surface area contributed by atoms with Crippen LogP contribution in [-0.2, 0) is 17.8 Å². The van der Waals surface area contributed by atoms with E-state index in [4.69, 9.17) is 15.6 Å². The molecule has 3 aromatic rings. The van der Waals surface area contributed by atoms with Gasteiger partial charge >= 0.3 is 0 Å². The Labute approximate surface area is 210 Å². The Balaban J connectivity index is 1.64. The summed E-state index contributed by atoms with van der Waals surface area (Å²) in [6.45, 7) is 2.07. The van der Waals surface area contributed by atoms with Crippen LogP contribution >= 0.6 is 23.1 Å². The molecule has 2 aliphatic heterocycles. The highest BCUT2D eigenvalue weighted by atomic mass is 32.2. The number of thiazole rings is 1. The zero-order valence-electron chi connectivity index (χ0n) is 19.1. The number of halogens is 2. The Hall–Kier alpha value is -2.98. The van der Waals surface area contributed by atoms with Crippen LogP contribution in [0.2, 0.25) is 0 Å². The molecule has 1 aromatic heterocycles. The van der Waals surface area contributed by atoms with Gasteiger partial charge in [0.15, 0.2) is 11.6 Å². The molecule has 0 fully saturated rings. The maximum absolute atomic E-state index is 14.9. The molecule has 5 rings (SSSR count). The first-order valence-corrected chi connectivity index (χ1v) is 12.9. The molecular formula is C24H23F2N7S2. The van der Waals surface area contributed by atoms with Crippen LogP contribution in [0.3, 0.4) is 0 Å². The molecule has 0 saturated carbocycles. The molecule has 0 amide bonds. The predicted octanol–water partition coefficient (Wildman–Crippen LogP) is 6.27. The fourth-order valence-electron chi connectivity index (χ4n) is 4.39. The number of benzene rings is 2. The molecule has 1 unspecified atom stereocenters. The largest absolute Gasteiger partial charge is 0.301 e. The van der Waals surface area contributed by atoms with Crippen LogP contribution in [0.25, 0.3) is 10.4 Å². The van der Waals surface area contributed by atoms with E-state index in [9.17, 15) is 8.78 Å². The number of anilines is 1. The first-order valence-electron chi connectivity index (χ1n) is 11.3. The topological polar surface area (TPSA) is 80.5 Å². The van der Waals surface area contributed by atoms with E-state index >= 15 is 0 Å². The molecule has 0 aliphatic carbocycles. The molecule has 2 aliphatic rings. The van der Waals surface area contributed by atoms with Crippen molar-refractivity contribution >= 4 is 33.3 Å². The Morgan fingerprint density at radius 1 is 1.17 bits per heavy atom. The van der Waals surface area contributed by atoms with Crippen molar-refractivity contribution < 1.29 is 8.78 Å². The normalized spacial score (nSPS) is 19.9. The molecule has 11 heteroatoms. The quantitative estimate of drug-likeness (QED) is 0.162. The minimum absolute atomic E-state index is 0.119. The maximum Gasteiger partial charge on any atom is 0.208 e. The van der Waals surface area contributed by atoms with Gasteiger partial charge in [-0.2, -0.15) is 5.10 Å². The minimum Gasteiger partial charge on any atom is -0.301 e. The average molecular weight is 512 g/mol. The number of fused-ring (bicyclic) bond motifs is 1. The summed E-state index contributed by atoms with van der Waals surface area (Å²) in [6, 6.07) is 14.0. The van der Waals surface area contributed by atoms with E-state index in [-0.39, 0.29) is 5.56 Å². The van der Waals surface area contributed by atoms with Crippen LogP contribution in [0.5, 0.6) is 0 Å². The van der Waals surface area contributed by atoms with E-state index in [1.807, 2.05) is 35.3 Å². The lowest BCUT2D eigenvalue weighted by Gasteiger charge is -2.35. The van der Waals surface area contributed by atoms with Crippen molar-refractivity contribution in [2.45, 2.75) is 30.7 Å². The van der Waals surface area contributed by atoms with E-state index in [1.165, 1.54) is 22.7 Å². The zero-order chi connectivity index (χ0) is 24.4. The second-order valence-corrected chi connectivity index (χ2v) is 10.8. The van der Waals surface area contributed by atoms with Gasteiger partial charge in [-0.3, -0.25) is 0 Å². The van der Waals surface area contributed by atoms with E-state index in [0.717, 1.165) is 42.0 Å². The van der Waals surface area contributed by atoms with Crippen molar-refractivity contribution in [3.05, 3.63) is 92.3 Å². The molecule has 1 atom stereocenters. The number of hydrogen-bond donors (Lipinski definition) is 0. The summed E-state index contributed by atoms with van der Waals surface area (Å²) in [6.07, 6.45) is 2.01. The Morgan fingerprint density at radius 2 is 2.00 bits per heavy atom. The van der Waals surface area contributed by atoms with Crippen molar-refractivity contribution in [3.8, 4) is 0 Å². The summed E-state index contributed by atoms with van der Waals surface area (Å²) in [7, 11) is 2.08. The number of thioether (sulfide) groups is 1. The van der Waals surface area contributed by atoms with Crippen molar-refractivity contribution in [1.29, 1.82) is 0 Å². The second kappa shape index (κ2) is 9.94. The number of rotatable bonds is 7. The van der Waals surface area contributed by atoms with Gasteiger partial charge in [0.1, 0.15) is 9.91 Å². The van der Waals surface area contributed by atoms with Crippen LogP contribution in [0.1, 0.15) is 34.5 Å². The highest BCUT2D eigenvalue weighted by molar-refractivity contribution is 8.15.